The van der Waals surface area contributed by atoms with E-state index >= 15 is 0 Å². The van der Waals surface area contributed by atoms with Crippen LogP contribution in [0, 0.1) is 0 Å². The molecule has 0 aliphatic heterocycles. The number of benzene rings is 1. The maximum absolute atomic E-state index is 11.2. The molecule has 0 radical (unpaired) electrons. The van der Waals surface area contributed by atoms with E-state index in [0.717, 1.165) is 23.7 Å². The number of carboxylic acid groups (broad SMARTS) is 1. The molecule has 1 aromatic heterocycles. The predicted molar refractivity (Wildman–Crippen MR) is 68.8 cm³/mol. The van der Waals surface area contributed by atoms with Crippen LogP contribution in [0.15, 0.2) is 24.3 Å². The molecule has 0 saturated heterocycles. The van der Waals surface area contributed by atoms with E-state index < -0.39 is 5.97 Å². The van der Waals surface area contributed by atoms with Crippen molar-refractivity contribution in [3.05, 3.63) is 30.0 Å². The molecule has 1 aliphatic carbocycles. The van der Waals surface area contributed by atoms with Crippen molar-refractivity contribution in [2.45, 2.75) is 38.1 Å². The Kier molecular flexibility index (Phi) is 2.78. The van der Waals surface area contributed by atoms with Crippen LogP contribution in [0.25, 0.3) is 10.9 Å². The summed E-state index contributed by atoms with van der Waals surface area (Å²) in [6.07, 6.45) is 5.90. The maximum Gasteiger partial charge on any atom is 0.357 e. The summed E-state index contributed by atoms with van der Waals surface area (Å²) >= 11 is 0. The van der Waals surface area contributed by atoms with Gasteiger partial charge in [-0.05, 0) is 18.9 Å². The van der Waals surface area contributed by atoms with Gasteiger partial charge >= 0.3 is 5.97 Å². The molecule has 1 aliphatic rings. The van der Waals surface area contributed by atoms with E-state index in [1.165, 1.54) is 19.3 Å². The number of para-hydroxylation sites is 1. The third-order valence-corrected chi connectivity index (χ3v) is 3.74. The van der Waals surface area contributed by atoms with E-state index in [9.17, 15) is 9.90 Å². The molecule has 4 nitrogen and oxygen atoms in total. The zero-order chi connectivity index (χ0) is 12.5. The van der Waals surface area contributed by atoms with Gasteiger partial charge in [0.25, 0.3) is 0 Å². The molecule has 0 amide bonds. The molecule has 4 heteroatoms. The van der Waals surface area contributed by atoms with Crippen LogP contribution in [0.3, 0.4) is 0 Å². The number of aromatic carboxylic acids is 1. The lowest BCUT2D eigenvalue weighted by molar-refractivity contribution is 0.0691. The van der Waals surface area contributed by atoms with Gasteiger partial charge in [-0.1, -0.05) is 37.5 Å². The lowest BCUT2D eigenvalue weighted by atomic mass is 9.95. The molecule has 1 saturated carbocycles. The van der Waals surface area contributed by atoms with Gasteiger partial charge in [-0.3, -0.25) is 4.68 Å². The highest BCUT2D eigenvalue weighted by molar-refractivity contribution is 6.01. The highest BCUT2D eigenvalue weighted by Gasteiger charge is 2.22. The predicted octanol–water partition coefficient (Wildman–Crippen LogP) is 3.24. The average molecular weight is 244 g/mol. The number of carbonyl (C=O) groups is 1. The van der Waals surface area contributed by atoms with Crippen LogP contribution in [0.5, 0.6) is 0 Å². The minimum absolute atomic E-state index is 0.177. The summed E-state index contributed by atoms with van der Waals surface area (Å²) in [4.78, 5) is 11.2. The second-order valence-corrected chi connectivity index (χ2v) is 4.91. The second-order valence-electron chi connectivity index (χ2n) is 4.91. The van der Waals surface area contributed by atoms with Crippen LogP contribution < -0.4 is 0 Å². The number of hydrogen-bond donors (Lipinski definition) is 1. The highest BCUT2D eigenvalue weighted by atomic mass is 16.4. The summed E-state index contributed by atoms with van der Waals surface area (Å²) < 4.78 is 1.93. The van der Waals surface area contributed by atoms with Gasteiger partial charge in [0.1, 0.15) is 0 Å². The molecule has 2 aromatic rings. The lowest BCUT2D eigenvalue weighted by Crippen LogP contribution is -2.14. The first-order valence-corrected chi connectivity index (χ1v) is 6.48. The van der Waals surface area contributed by atoms with Crippen LogP contribution in [-0.2, 0) is 0 Å². The SMILES string of the molecule is O=C(O)c1nn(C2CCCCC2)c2ccccc12. The Morgan fingerprint density at radius 3 is 2.67 bits per heavy atom. The Hall–Kier alpha value is -1.84. The molecule has 1 heterocycles. The first-order chi connectivity index (χ1) is 8.77. The number of rotatable bonds is 2. The van der Waals surface area contributed by atoms with Crippen molar-refractivity contribution in [2.24, 2.45) is 0 Å². The summed E-state index contributed by atoms with van der Waals surface area (Å²) in [5, 5.41) is 14.3. The van der Waals surface area contributed by atoms with Crippen molar-refractivity contribution >= 4 is 16.9 Å². The lowest BCUT2D eigenvalue weighted by Gasteiger charge is -2.22. The highest BCUT2D eigenvalue weighted by Crippen LogP contribution is 2.31. The fraction of sp³-hybridized carbons (Fsp3) is 0.429. The van der Waals surface area contributed by atoms with Crippen LogP contribution >= 0.6 is 0 Å². The minimum atomic E-state index is -0.944. The van der Waals surface area contributed by atoms with Gasteiger partial charge in [0.2, 0.25) is 0 Å². The van der Waals surface area contributed by atoms with Crippen molar-refractivity contribution in [1.29, 1.82) is 0 Å². The van der Waals surface area contributed by atoms with Crippen LogP contribution in [0.4, 0.5) is 0 Å². The van der Waals surface area contributed by atoms with Gasteiger partial charge in [-0.2, -0.15) is 5.10 Å². The molecule has 1 fully saturated rings. The van der Waals surface area contributed by atoms with E-state index in [1.54, 1.807) is 0 Å². The fourth-order valence-corrected chi connectivity index (χ4v) is 2.85. The smallest absolute Gasteiger partial charge is 0.357 e. The Bertz CT molecular complexity index is 582. The number of fused-ring (bicyclic) bond motifs is 1. The Labute approximate surface area is 105 Å². The zero-order valence-corrected chi connectivity index (χ0v) is 10.2. The van der Waals surface area contributed by atoms with Crippen LogP contribution in [0.2, 0.25) is 0 Å². The largest absolute Gasteiger partial charge is 0.476 e. The summed E-state index contributed by atoms with van der Waals surface area (Å²) in [6, 6.07) is 7.96. The average Bonchev–Trinajstić information content (AvgIpc) is 2.79. The molecule has 18 heavy (non-hydrogen) atoms. The van der Waals surface area contributed by atoms with Gasteiger partial charge in [-0.25, -0.2) is 4.79 Å². The van der Waals surface area contributed by atoms with Crippen molar-refractivity contribution in [2.75, 3.05) is 0 Å². The molecule has 0 bridgehead atoms. The fourth-order valence-electron chi connectivity index (χ4n) is 2.85. The topological polar surface area (TPSA) is 55.1 Å². The molecule has 0 unspecified atom stereocenters. The van der Waals surface area contributed by atoms with E-state index in [4.69, 9.17) is 0 Å². The summed E-state index contributed by atoms with van der Waals surface area (Å²) in [5.41, 5.74) is 1.12. The standard InChI is InChI=1S/C14H16N2O2/c17-14(18)13-11-8-4-5-9-12(11)16(15-13)10-6-2-1-3-7-10/h4-5,8-10H,1-3,6-7H2,(H,17,18). The van der Waals surface area contributed by atoms with E-state index in [1.807, 2.05) is 28.9 Å². The third-order valence-electron chi connectivity index (χ3n) is 3.74. The van der Waals surface area contributed by atoms with Crippen LogP contribution in [-0.4, -0.2) is 20.9 Å². The first kappa shape index (κ1) is 11.3. The van der Waals surface area contributed by atoms with Gasteiger partial charge in [0.15, 0.2) is 5.69 Å². The van der Waals surface area contributed by atoms with Gasteiger partial charge in [-0.15, -0.1) is 0 Å². The first-order valence-electron chi connectivity index (χ1n) is 6.48. The summed E-state index contributed by atoms with van der Waals surface area (Å²) in [7, 11) is 0. The molecule has 1 aromatic carbocycles. The van der Waals surface area contributed by atoms with Crippen molar-refractivity contribution in [1.82, 2.24) is 9.78 Å². The number of hydrogen-bond acceptors (Lipinski definition) is 2. The van der Waals surface area contributed by atoms with E-state index in [0.29, 0.717) is 6.04 Å². The van der Waals surface area contributed by atoms with Crippen molar-refractivity contribution in [3.8, 4) is 0 Å². The number of nitrogens with zero attached hydrogens (tertiary/aromatic N) is 2. The Morgan fingerprint density at radius 1 is 1.22 bits per heavy atom. The molecule has 94 valence electrons. The molecule has 1 N–H and O–H groups in total. The molecule has 0 spiro atoms. The van der Waals surface area contributed by atoms with Gasteiger partial charge < -0.3 is 5.11 Å². The minimum Gasteiger partial charge on any atom is -0.476 e. The van der Waals surface area contributed by atoms with Gasteiger partial charge in [0, 0.05) is 5.39 Å². The van der Waals surface area contributed by atoms with E-state index in [-0.39, 0.29) is 5.69 Å². The van der Waals surface area contributed by atoms with Crippen molar-refractivity contribution in [3.63, 3.8) is 0 Å². The van der Waals surface area contributed by atoms with Gasteiger partial charge in [0.05, 0.1) is 11.6 Å². The molecular weight excluding hydrogens is 228 g/mol. The molecule has 0 atom stereocenters. The monoisotopic (exact) mass is 244 g/mol. The van der Waals surface area contributed by atoms with Crippen molar-refractivity contribution < 1.29 is 9.90 Å². The van der Waals surface area contributed by atoms with Crippen LogP contribution in [0.1, 0.15) is 48.6 Å². The zero-order valence-electron chi connectivity index (χ0n) is 10.2. The second kappa shape index (κ2) is 4.44. The van der Waals surface area contributed by atoms with E-state index in [2.05, 4.69) is 5.10 Å². The maximum atomic E-state index is 11.2. The quantitative estimate of drug-likeness (QED) is 0.882. The Balaban J connectivity index is 2.13. The number of carboxylic acids is 1. The third kappa shape index (κ3) is 1.78. The molecule has 3 rings (SSSR count). The summed E-state index contributed by atoms with van der Waals surface area (Å²) in [6.45, 7) is 0. The summed E-state index contributed by atoms with van der Waals surface area (Å²) in [5.74, 6) is -0.944. The molecular formula is C14H16N2O2. The Morgan fingerprint density at radius 2 is 1.94 bits per heavy atom. The normalized spacial score (nSPS) is 17.1. The number of aromatic nitrogens is 2.